The standard InChI is InChI=1S/C15H20N4O2/c1-2-6-19-10-11(9-17-19)14(18-16)12-4-3-5-13-15(12)21-8-7-20-13/h3-5,9-10,14,18H,2,6-8,16H2,1H3. The molecule has 0 bridgehead atoms. The fourth-order valence-corrected chi connectivity index (χ4v) is 2.57. The van der Waals surface area contributed by atoms with E-state index in [2.05, 4.69) is 17.4 Å². The van der Waals surface area contributed by atoms with E-state index in [0.29, 0.717) is 13.2 Å². The molecule has 0 radical (unpaired) electrons. The van der Waals surface area contributed by atoms with E-state index < -0.39 is 0 Å². The van der Waals surface area contributed by atoms with Crippen LogP contribution in [0.3, 0.4) is 0 Å². The lowest BCUT2D eigenvalue weighted by molar-refractivity contribution is 0.169. The van der Waals surface area contributed by atoms with Crippen LogP contribution >= 0.6 is 0 Å². The first-order valence-electron chi connectivity index (χ1n) is 7.20. The van der Waals surface area contributed by atoms with E-state index in [-0.39, 0.29) is 6.04 Å². The lowest BCUT2D eigenvalue weighted by atomic mass is 10.0. The van der Waals surface area contributed by atoms with Gasteiger partial charge in [-0.1, -0.05) is 19.1 Å². The van der Waals surface area contributed by atoms with Crippen molar-refractivity contribution in [2.24, 2.45) is 5.84 Å². The third kappa shape index (κ3) is 2.72. The van der Waals surface area contributed by atoms with Crippen LogP contribution in [0, 0.1) is 0 Å². The van der Waals surface area contributed by atoms with E-state index in [1.54, 1.807) is 0 Å². The van der Waals surface area contributed by atoms with E-state index >= 15 is 0 Å². The number of hydrazine groups is 1. The molecule has 1 aromatic carbocycles. The van der Waals surface area contributed by atoms with Crippen LogP contribution in [0.25, 0.3) is 0 Å². The third-order valence-corrected chi connectivity index (χ3v) is 3.51. The van der Waals surface area contributed by atoms with Crippen LogP contribution in [-0.4, -0.2) is 23.0 Å². The Morgan fingerprint density at radius 1 is 1.38 bits per heavy atom. The number of benzene rings is 1. The van der Waals surface area contributed by atoms with E-state index in [9.17, 15) is 0 Å². The Morgan fingerprint density at radius 2 is 2.24 bits per heavy atom. The predicted molar refractivity (Wildman–Crippen MR) is 79.1 cm³/mol. The molecule has 1 unspecified atom stereocenters. The zero-order chi connectivity index (χ0) is 14.7. The first-order valence-corrected chi connectivity index (χ1v) is 7.20. The molecule has 3 rings (SSSR count). The van der Waals surface area contributed by atoms with Crippen LogP contribution in [0.15, 0.2) is 30.6 Å². The summed E-state index contributed by atoms with van der Waals surface area (Å²) in [6.45, 7) is 4.14. The fraction of sp³-hybridized carbons (Fsp3) is 0.400. The first-order chi connectivity index (χ1) is 10.3. The highest BCUT2D eigenvalue weighted by Gasteiger charge is 2.23. The van der Waals surface area contributed by atoms with Crippen LogP contribution in [0.5, 0.6) is 11.5 Å². The average molecular weight is 288 g/mol. The number of para-hydroxylation sites is 1. The second kappa shape index (κ2) is 6.15. The molecule has 1 aromatic heterocycles. The second-order valence-electron chi connectivity index (χ2n) is 5.01. The van der Waals surface area contributed by atoms with Gasteiger partial charge in [0, 0.05) is 23.9 Å². The maximum absolute atomic E-state index is 5.77. The van der Waals surface area contributed by atoms with Gasteiger partial charge in [0.1, 0.15) is 13.2 Å². The van der Waals surface area contributed by atoms with E-state index in [4.69, 9.17) is 15.3 Å². The average Bonchev–Trinajstić information content (AvgIpc) is 2.97. The Balaban J connectivity index is 1.95. The van der Waals surface area contributed by atoms with Gasteiger partial charge in [-0.2, -0.15) is 5.10 Å². The van der Waals surface area contributed by atoms with Gasteiger partial charge in [0.15, 0.2) is 11.5 Å². The maximum Gasteiger partial charge on any atom is 0.166 e. The molecule has 0 amide bonds. The molecule has 2 heterocycles. The molecule has 1 atom stereocenters. The lowest BCUT2D eigenvalue weighted by Gasteiger charge is -2.24. The molecule has 1 aliphatic heterocycles. The normalized spacial score (nSPS) is 15.0. The van der Waals surface area contributed by atoms with Gasteiger partial charge in [-0.25, -0.2) is 5.43 Å². The minimum absolute atomic E-state index is 0.174. The Bertz CT molecular complexity index is 611. The van der Waals surface area contributed by atoms with Gasteiger partial charge < -0.3 is 9.47 Å². The van der Waals surface area contributed by atoms with Crippen LogP contribution in [0.4, 0.5) is 0 Å². The summed E-state index contributed by atoms with van der Waals surface area (Å²) >= 11 is 0. The minimum Gasteiger partial charge on any atom is -0.486 e. The number of rotatable bonds is 5. The zero-order valence-corrected chi connectivity index (χ0v) is 12.1. The summed E-state index contributed by atoms with van der Waals surface area (Å²) in [7, 11) is 0. The van der Waals surface area contributed by atoms with Crippen molar-refractivity contribution in [2.75, 3.05) is 13.2 Å². The smallest absolute Gasteiger partial charge is 0.166 e. The molecule has 21 heavy (non-hydrogen) atoms. The predicted octanol–water partition coefficient (Wildman–Crippen LogP) is 1.62. The first kappa shape index (κ1) is 13.9. The maximum atomic E-state index is 5.77. The van der Waals surface area contributed by atoms with Gasteiger partial charge in [0.2, 0.25) is 0 Å². The van der Waals surface area contributed by atoms with Gasteiger partial charge in [-0.05, 0) is 12.5 Å². The Kier molecular flexibility index (Phi) is 4.08. The van der Waals surface area contributed by atoms with Crippen LogP contribution in [-0.2, 0) is 6.54 Å². The van der Waals surface area contributed by atoms with Crippen molar-refractivity contribution in [3.05, 3.63) is 41.7 Å². The van der Waals surface area contributed by atoms with Crippen molar-refractivity contribution in [3.63, 3.8) is 0 Å². The van der Waals surface area contributed by atoms with Gasteiger partial charge in [0.05, 0.1) is 12.2 Å². The third-order valence-electron chi connectivity index (χ3n) is 3.51. The summed E-state index contributed by atoms with van der Waals surface area (Å²) in [5.41, 5.74) is 4.82. The van der Waals surface area contributed by atoms with Crippen LogP contribution < -0.4 is 20.7 Å². The SMILES string of the molecule is CCCn1cc(C(NN)c2cccc3c2OCCO3)cn1. The van der Waals surface area contributed by atoms with Crippen molar-refractivity contribution in [1.29, 1.82) is 0 Å². The number of ether oxygens (including phenoxy) is 2. The number of hydrogen-bond donors (Lipinski definition) is 2. The summed E-state index contributed by atoms with van der Waals surface area (Å²) in [6.07, 6.45) is 4.89. The second-order valence-corrected chi connectivity index (χ2v) is 5.01. The molecule has 6 nitrogen and oxygen atoms in total. The van der Waals surface area contributed by atoms with Gasteiger partial charge in [0.25, 0.3) is 0 Å². The topological polar surface area (TPSA) is 74.3 Å². The molecule has 2 aromatic rings. The molecule has 0 saturated heterocycles. The van der Waals surface area contributed by atoms with Crippen molar-refractivity contribution in [3.8, 4) is 11.5 Å². The quantitative estimate of drug-likeness (QED) is 0.646. The molecule has 0 aliphatic carbocycles. The van der Waals surface area contributed by atoms with Crippen molar-refractivity contribution >= 4 is 0 Å². The Hall–Kier alpha value is -2.05. The molecule has 6 heteroatoms. The summed E-state index contributed by atoms with van der Waals surface area (Å²) in [5.74, 6) is 7.29. The largest absolute Gasteiger partial charge is 0.486 e. The number of aromatic nitrogens is 2. The van der Waals surface area contributed by atoms with Crippen LogP contribution in [0.2, 0.25) is 0 Å². The summed E-state index contributed by atoms with van der Waals surface area (Å²) in [4.78, 5) is 0. The molecule has 3 N–H and O–H groups in total. The van der Waals surface area contributed by atoms with Gasteiger partial charge >= 0.3 is 0 Å². The highest BCUT2D eigenvalue weighted by Crippen LogP contribution is 2.38. The zero-order valence-electron chi connectivity index (χ0n) is 12.1. The number of fused-ring (bicyclic) bond motifs is 1. The molecule has 1 aliphatic rings. The molecule has 112 valence electrons. The van der Waals surface area contributed by atoms with E-state index in [1.807, 2.05) is 35.3 Å². The highest BCUT2D eigenvalue weighted by atomic mass is 16.6. The van der Waals surface area contributed by atoms with E-state index in [0.717, 1.165) is 35.6 Å². The van der Waals surface area contributed by atoms with Crippen LogP contribution in [0.1, 0.15) is 30.5 Å². The molecular formula is C15H20N4O2. The number of nitrogens with two attached hydrogens (primary N) is 1. The number of nitrogens with zero attached hydrogens (tertiary/aromatic N) is 2. The highest BCUT2D eigenvalue weighted by molar-refractivity contribution is 5.51. The van der Waals surface area contributed by atoms with E-state index in [1.165, 1.54) is 0 Å². The number of nitrogens with one attached hydrogen (secondary N) is 1. The molecular weight excluding hydrogens is 268 g/mol. The molecule has 0 saturated carbocycles. The fourth-order valence-electron chi connectivity index (χ4n) is 2.57. The van der Waals surface area contributed by atoms with Gasteiger partial charge in [-0.3, -0.25) is 10.5 Å². The van der Waals surface area contributed by atoms with Crippen molar-refractivity contribution < 1.29 is 9.47 Å². The monoisotopic (exact) mass is 288 g/mol. The molecule has 0 fully saturated rings. The number of hydrogen-bond acceptors (Lipinski definition) is 5. The minimum atomic E-state index is -0.174. The molecule has 0 spiro atoms. The van der Waals surface area contributed by atoms with Crippen molar-refractivity contribution in [2.45, 2.75) is 25.9 Å². The van der Waals surface area contributed by atoms with Gasteiger partial charge in [-0.15, -0.1) is 0 Å². The van der Waals surface area contributed by atoms with Crippen molar-refractivity contribution in [1.82, 2.24) is 15.2 Å². The Morgan fingerprint density at radius 3 is 3.05 bits per heavy atom. The number of aryl methyl sites for hydroxylation is 1. The summed E-state index contributed by atoms with van der Waals surface area (Å²) < 4.78 is 13.3. The lowest BCUT2D eigenvalue weighted by Crippen LogP contribution is -2.29. The Labute approximate surface area is 123 Å². The summed E-state index contributed by atoms with van der Waals surface area (Å²) in [6, 6.07) is 5.68. The summed E-state index contributed by atoms with van der Waals surface area (Å²) in [5, 5.41) is 4.36.